The lowest BCUT2D eigenvalue weighted by atomic mass is 10.2. The highest BCUT2D eigenvalue weighted by atomic mass is 35.5. The molecule has 96 valence electrons. The van der Waals surface area contributed by atoms with Crippen molar-refractivity contribution < 1.29 is 0 Å². The van der Waals surface area contributed by atoms with E-state index < -0.39 is 0 Å². The van der Waals surface area contributed by atoms with Crippen molar-refractivity contribution in [1.82, 2.24) is 14.5 Å². The van der Waals surface area contributed by atoms with Crippen LogP contribution in [0.5, 0.6) is 0 Å². The Hall–Kier alpha value is -0.880. The van der Waals surface area contributed by atoms with Gasteiger partial charge in [-0.1, -0.05) is 11.6 Å². The molecular formula is C12H15ClN4S. The SMILES string of the molecule is NCC(c1ccc(Cl)s1)N1CCn2ccnc2C1. The molecule has 4 nitrogen and oxygen atoms in total. The van der Waals surface area contributed by atoms with Gasteiger partial charge < -0.3 is 10.3 Å². The van der Waals surface area contributed by atoms with Crippen LogP contribution in [0.1, 0.15) is 16.7 Å². The fourth-order valence-corrected chi connectivity index (χ4v) is 3.62. The molecule has 18 heavy (non-hydrogen) atoms. The monoisotopic (exact) mass is 282 g/mol. The molecule has 3 rings (SSSR count). The van der Waals surface area contributed by atoms with Gasteiger partial charge in [-0.05, 0) is 12.1 Å². The zero-order valence-corrected chi connectivity index (χ0v) is 11.5. The van der Waals surface area contributed by atoms with Crippen LogP contribution in [0.4, 0.5) is 0 Å². The largest absolute Gasteiger partial charge is 0.333 e. The Morgan fingerprint density at radius 1 is 1.44 bits per heavy atom. The first kappa shape index (κ1) is 12.2. The Morgan fingerprint density at radius 3 is 3.06 bits per heavy atom. The summed E-state index contributed by atoms with van der Waals surface area (Å²) in [5.74, 6) is 1.11. The topological polar surface area (TPSA) is 47.1 Å². The Labute approximate surface area is 115 Å². The zero-order chi connectivity index (χ0) is 12.5. The van der Waals surface area contributed by atoms with Crippen molar-refractivity contribution in [3.63, 3.8) is 0 Å². The summed E-state index contributed by atoms with van der Waals surface area (Å²) in [5, 5.41) is 0. The molecule has 0 fully saturated rings. The summed E-state index contributed by atoms with van der Waals surface area (Å²) >= 11 is 7.62. The lowest BCUT2D eigenvalue weighted by molar-refractivity contribution is 0.158. The van der Waals surface area contributed by atoms with E-state index in [4.69, 9.17) is 17.3 Å². The van der Waals surface area contributed by atoms with E-state index >= 15 is 0 Å². The van der Waals surface area contributed by atoms with E-state index in [2.05, 4.69) is 20.5 Å². The molecule has 1 aliphatic heterocycles. The number of aromatic nitrogens is 2. The van der Waals surface area contributed by atoms with Crippen LogP contribution in [0.3, 0.4) is 0 Å². The molecule has 0 radical (unpaired) electrons. The molecule has 1 unspecified atom stereocenters. The first-order valence-corrected chi connectivity index (χ1v) is 7.16. The van der Waals surface area contributed by atoms with Crippen molar-refractivity contribution in [2.45, 2.75) is 19.1 Å². The second-order valence-corrected chi connectivity index (χ2v) is 6.15. The number of imidazole rings is 1. The van der Waals surface area contributed by atoms with Crippen LogP contribution in [0, 0.1) is 0 Å². The van der Waals surface area contributed by atoms with Gasteiger partial charge in [0.1, 0.15) is 5.82 Å². The van der Waals surface area contributed by atoms with Crippen LogP contribution in [0.25, 0.3) is 0 Å². The molecule has 2 aromatic heterocycles. The molecular weight excluding hydrogens is 268 g/mol. The molecule has 0 aliphatic carbocycles. The molecule has 2 N–H and O–H groups in total. The average Bonchev–Trinajstić information content (AvgIpc) is 2.99. The number of nitrogens with two attached hydrogens (primary N) is 1. The highest BCUT2D eigenvalue weighted by Crippen LogP contribution is 2.31. The Balaban J connectivity index is 1.82. The lowest BCUT2D eigenvalue weighted by Gasteiger charge is -2.33. The molecule has 2 aromatic rings. The molecule has 6 heteroatoms. The standard InChI is InChI=1S/C12H15ClN4S/c13-11-2-1-10(18-11)9(7-14)17-6-5-16-4-3-15-12(16)8-17/h1-4,9H,5-8,14H2. The highest BCUT2D eigenvalue weighted by Gasteiger charge is 2.25. The van der Waals surface area contributed by atoms with Crippen LogP contribution in [-0.2, 0) is 13.1 Å². The first-order valence-electron chi connectivity index (χ1n) is 5.97. The van der Waals surface area contributed by atoms with E-state index in [1.54, 1.807) is 11.3 Å². The third-order valence-corrected chi connectivity index (χ3v) is 4.69. The Morgan fingerprint density at radius 2 is 2.33 bits per heavy atom. The van der Waals surface area contributed by atoms with E-state index in [1.807, 2.05) is 18.5 Å². The van der Waals surface area contributed by atoms with E-state index in [0.717, 1.165) is 29.8 Å². The average molecular weight is 283 g/mol. The second kappa shape index (κ2) is 5.01. The van der Waals surface area contributed by atoms with Crippen LogP contribution >= 0.6 is 22.9 Å². The van der Waals surface area contributed by atoms with E-state index in [0.29, 0.717) is 6.54 Å². The van der Waals surface area contributed by atoms with Gasteiger partial charge in [-0.2, -0.15) is 0 Å². The maximum absolute atomic E-state index is 6.01. The van der Waals surface area contributed by atoms with Gasteiger partial charge in [0.2, 0.25) is 0 Å². The van der Waals surface area contributed by atoms with Crippen molar-refractivity contribution >= 4 is 22.9 Å². The second-order valence-electron chi connectivity index (χ2n) is 4.40. The molecule has 3 heterocycles. The number of hydrogen-bond acceptors (Lipinski definition) is 4. The smallest absolute Gasteiger partial charge is 0.122 e. The third kappa shape index (κ3) is 2.19. The van der Waals surface area contributed by atoms with Crippen LogP contribution in [-0.4, -0.2) is 27.5 Å². The van der Waals surface area contributed by atoms with Crippen LogP contribution in [0.2, 0.25) is 4.34 Å². The summed E-state index contributed by atoms with van der Waals surface area (Å²) in [5.41, 5.74) is 5.93. The van der Waals surface area contributed by atoms with Gasteiger partial charge in [0.25, 0.3) is 0 Å². The van der Waals surface area contributed by atoms with Gasteiger partial charge in [0, 0.05) is 36.9 Å². The molecule has 1 atom stereocenters. The number of thiophene rings is 1. The fourth-order valence-electron chi connectivity index (χ4n) is 2.41. The molecule has 0 aromatic carbocycles. The van der Waals surface area contributed by atoms with Crippen molar-refractivity contribution in [3.8, 4) is 0 Å². The minimum absolute atomic E-state index is 0.243. The van der Waals surface area contributed by atoms with Gasteiger partial charge in [-0.3, -0.25) is 4.90 Å². The van der Waals surface area contributed by atoms with E-state index in [1.165, 1.54) is 4.88 Å². The van der Waals surface area contributed by atoms with Crippen molar-refractivity contribution in [1.29, 1.82) is 0 Å². The highest BCUT2D eigenvalue weighted by molar-refractivity contribution is 7.16. The normalized spacial score (nSPS) is 17.7. The summed E-state index contributed by atoms with van der Waals surface area (Å²) in [6.45, 7) is 3.44. The summed E-state index contributed by atoms with van der Waals surface area (Å²) in [4.78, 5) is 8.00. The number of rotatable bonds is 3. The van der Waals surface area contributed by atoms with Gasteiger partial charge in [0.05, 0.1) is 16.9 Å². The summed E-state index contributed by atoms with van der Waals surface area (Å²) < 4.78 is 3.02. The van der Waals surface area contributed by atoms with Crippen LogP contribution in [0.15, 0.2) is 24.5 Å². The molecule has 1 aliphatic rings. The van der Waals surface area contributed by atoms with Crippen molar-refractivity contribution in [3.05, 3.63) is 39.6 Å². The molecule has 0 amide bonds. The molecule has 0 spiro atoms. The molecule has 0 saturated carbocycles. The fraction of sp³-hybridized carbons (Fsp3) is 0.417. The van der Waals surface area contributed by atoms with Crippen molar-refractivity contribution in [2.75, 3.05) is 13.1 Å². The number of nitrogens with zero attached hydrogens (tertiary/aromatic N) is 3. The minimum Gasteiger partial charge on any atom is -0.333 e. The summed E-state index contributed by atoms with van der Waals surface area (Å²) in [7, 11) is 0. The van der Waals surface area contributed by atoms with E-state index in [-0.39, 0.29) is 6.04 Å². The van der Waals surface area contributed by atoms with Gasteiger partial charge >= 0.3 is 0 Å². The maximum atomic E-state index is 6.01. The lowest BCUT2D eigenvalue weighted by Crippen LogP contribution is -2.39. The van der Waals surface area contributed by atoms with E-state index in [9.17, 15) is 0 Å². The molecule has 0 saturated heterocycles. The predicted octanol–water partition coefficient (Wildman–Crippen LogP) is 2.11. The third-order valence-electron chi connectivity index (χ3n) is 3.36. The quantitative estimate of drug-likeness (QED) is 0.938. The molecule has 0 bridgehead atoms. The number of fused-ring (bicyclic) bond motifs is 1. The first-order chi connectivity index (χ1) is 8.78. The predicted molar refractivity (Wildman–Crippen MR) is 73.8 cm³/mol. The van der Waals surface area contributed by atoms with Crippen molar-refractivity contribution in [2.24, 2.45) is 5.73 Å². The van der Waals surface area contributed by atoms with Crippen LogP contribution < -0.4 is 5.73 Å². The number of halogens is 1. The maximum Gasteiger partial charge on any atom is 0.122 e. The minimum atomic E-state index is 0.243. The zero-order valence-electron chi connectivity index (χ0n) is 9.92. The van der Waals surface area contributed by atoms with Gasteiger partial charge in [-0.25, -0.2) is 4.98 Å². The number of hydrogen-bond donors (Lipinski definition) is 1. The van der Waals surface area contributed by atoms with Gasteiger partial charge in [-0.15, -0.1) is 11.3 Å². The van der Waals surface area contributed by atoms with Gasteiger partial charge in [0.15, 0.2) is 0 Å². The summed E-state index contributed by atoms with van der Waals surface area (Å²) in [6.07, 6.45) is 3.89. The Kier molecular flexibility index (Phi) is 3.39. The summed E-state index contributed by atoms with van der Waals surface area (Å²) in [6, 6.07) is 4.26. The Bertz CT molecular complexity index is 536.